The maximum Gasteiger partial charge on any atom is 0.427 e. The SMILES string of the molecule is CCc1ccc(-c2nsc(C(F)(F)F)c2COc2c(F)cc(CCC(=O)O)cc2F)c(F)c1. The van der Waals surface area contributed by atoms with E-state index in [1.807, 2.05) is 0 Å². The quantitative estimate of drug-likeness (QED) is 0.372. The first-order valence-corrected chi connectivity index (χ1v) is 10.5. The van der Waals surface area contributed by atoms with Gasteiger partial charge < -0.3 is 9.84 Å². The van der Waals surface area contributed by atoms with Crippen molar-refractivity contribution < 1.29 is 41.0 Å². The van der Waals surface area contributed by atoms with Crippen LogP contribution in [0.3, 0.4) is 0 Å². The summed E-state index contributed by atoms with van der Waals surface area (Å²) in [6.45, 7) is 0.867. The first kappa shape index (κ1) is 24.6. The number of aromatic nitrogens is 1. The minimum absolute atomic E-state index is 0.0479. The first-order chi connectivity index (χ1) is 15.5. The number of hydrogen-bond acceptors (Lipinski definition) is 4. The molecule has 33 heavy (non-hydrogen) atoms. The molecule has 0 aliphatic heterocycles. The summed E-state index contributed by atoms with van der Waals surface area (Å²) in [5, 5.41) is 8.68. The van der Waals surface area contributed by atoms with Gasteiger partial charge in [0, 0.05) is 17.5 Å². The molecule has 0 aliphatic rings. The van der Waals surface area contributed by atoms with Crippen molar-refractivity contribution in [2.45, 2.75) is 39.0 Å². The average molecular weight is 489 g/mol. The number of hydrogen-bond donors (Lipinski definition) is 1. The number of ether oxygens (including phenoxy) is 1. The molecule has 3 rings (SSSR count). The van der Waals surface area contributed by atoms with E-state index in [1.54, 1.807) is 13.0 Å². The molecule has 0 bridgehead atoms. The molecule has 0 unspecified atom stereocenters. The second kappa shape index (κ2) is 9.82. The zero-order valence-electron chi connectivity index (χ0n) is 17.1. The van der Waals surface area contributed by atoms with Gasteiger partial charge in [-0.25, -0.2) is 13.2 Å². The normalized spacial score (nSPS) is 11.6. The summed E-state index contributed by atoms with van der Waals surface area (Å²) in [4.78, 5) is 9.46. The molecule has 1 N–H and O–H groups in total. The smallest absolute Gasteiger partial charge is 0.427 e. The fraction of sp³-hybridized carbons (Fsp3) is 0.273. The molecule has 0 atom stereocenters. The van der Waals surface area contributed by atoms with Crippen LogP contribution in [0.4, 0.5) is 26.3 Å². The third-order valence-electron chi connectivity index (χ3n) is 4.79. The van der Waals surface area contributed by atoms with Crippen LogP contribution in [0.2, 0.25) is 0 Å². The summed E-state index contributed by atoms with van der Waals surface area (Å²) in [7, 11) is 0. The zero-order chi connectivity index (χ0) is 24.3. The van der Waals surface area contributed by atoms with Crippen molar-refractivity contribution in [3.63, 3.8) is 0 Å². The van der Waals surface area contributed by atoms with E-state index >= 15 is 0 Å². The fourth-order valence-corrected chi connectivity index (χ4v) is 3.90. The standard InChI is InChI=1S/C22H17F6NO3S/c1-2-11-3-5-13(15(23)7-11)19-14(21(33-29-19)22(26,27)28)10-32-20-16(24)8-12(9-17(20)25)4-6-18(30)31/h3,5,7-9H,2,4,6,10H2,1H3,(H,30,31). The largest absolute Gasteiger partial charge is 0.483 e. The molecule has 0 saturated carbocycles. The molecular formula is C22H17F6NO3S. The summed E-state index contributed by atoms with van der Waals surface area (Å²) < 4.78 is 92.6. The molecule has 0 amide bonds. The lowest BCUT2D eigenvalue weighted by Crippen LogP contribution is -2.10. The van der Waals surface area contributed by atoms with Crippen LogP contribution in [0.5, 0.6) is 5.75 Å². The van der Waals surface area contributed by atoms with Gasteiger partial charge in [0.1, 0.15) is 17.3 Å². The molecule has 4 nitrogen and oxygen atoms in total. The van der Waals surface area contributed by atoms with Gasteiger partial charge in [0.2, 0.25) is 0 Å². The van der Waals surface area contributed by atoms with Crippen LogP contribution in [-0.2, 0) is 30.4 Å². The fourth-order valence-electron chi connectivity index (χ4n) is 3.14. The van der Waals surface area contributed by atoms with Crippen molar-refractivity contribution in [2.75, 3.05) is 0 Å². The molecule has 11 heteroatoms. The van der Waals surface area contributed by atoms with Crippen LogP contribution in [0.1, 0.15) is 34.9 Å². The van der Waals surface area contributed by atoms with Gasteiger partial charge >= 0.3 is 12.1 Å². The second-order valence-electron chi connectivity index (χ2n) is 7.08. The molecule has 3 aromatic rings. The van der Waals surface area contributed by atoms with E-state index < -0.39 is 52.4 Å². The van der Waals surface area contributed by atoms with Gasteiger partial charge in [-0.2, -0.15) is 17.5 Å². The van der Waals surface area contributed by atoms with Crippen LogP contribution in [0, 0.1) is 17.5 Å². The predicted octanol–water partition coefficient (Wildman–Crippen LogP) is 6.40. The molecule has 0 aliphatic carbocycles. The Bertz CT molecular complexity index is 1150. The van der Waals surface area contributed by atoms with Crippen molar-refractivity contribution >= 4 is 17.5 Å². The maximum absolute atomic E-state index is 14.6. The summed E-state index contributed by atoms with van der Waals surface area (Å²) in [6.07, 6.45) is -4.83. The molecule has 1 aromatic heterocycles. The Balaban J connectivity index is 1.95. The Kier molecular flexibility index (Phi) is 7.31. The van der Waals surface area contributed by atoms with E-state index in [-0.39, 0.29) is 41.2 Å². The van der Waals surface area contributed by atoms with E-state index in [4.69, 9.17) is 9.84 Å². The average Bonchev–Trinajstić information content (AvgIpc) is 3.15. The predicted molar refractivity (Wildman–Crippen MR) is 109 cm³/mol. The van der Waals surface area contributed by atoms with Crippen molar-refractivity contribution in [1.29, 1.82) is 0 Å². The number of nitrogens with zero attached hydrogens (tertiary/aromatic N) is 1. The highest BCUT2D eigenvalue weighted by Crippen LogP contribution is 2.41. The lowest BCUT2D eigenvalue weighted by atomic mass is 10.0. The number of carbonyl (C=O) groups is 1. The summed E-state index contributed by atoms with van der Waals surface area (Å²) in [5.41, 5.74) is -0.391. The number of carboxylic acids is 1. The van der Waals surface area contributed by atoms with Crippen molar-refractivity contribution in [3.8, 4) is 17.0 Å². The van der Waals surface area contributed by atoms with Gasteiger partial charge in [-0.3, -0.25) is 4.79 Å². The van der Waals surface area contributed by atoms with E-state index in [0.717, 1.165) is 12.1 Å². The molecule has 2 aromatic carbocycles. The second-order valence-corrected chi connectivity index (χ2v) is 7.85. The number of carboxylic acid groups (broad SMARTS) is 1. The molecule has 0 saturated heterocycles. The summed E-state index contributed by atoms with van der Waals surface area (Å²) >= 11 is 0.0871. The van der Waals surface area contributed by atoms with E-state index in [2.05, 4.69) is 4.37 Å². The third kappa shape index (κ3) is 5.65. The van der Waals surface area contributed by atoms with E-state index in [0.29, 0.717) is 12.0 Å². The third-order valence-corrected chi connectivity index (χ3v) is 5.72. The molecule has 0 spiro atoms. The van der Waals surface area contributed by atoms with Crippen LogP contribution >= 0.6 is 11.5 Å². The zero-order valence-corrected chi connectivity index (χ0v) is 17.9. The van der Waals surface area contributed by atoms with Crippen molar-refractivity contribution in [3.05, 3.63) is 69.4 Å². The lowest BCUT2D eigenvalue weighted by molar-refractivity contribution is -0.137. The number of rotatable bonds is 8. The van der Waals surface area contributed by atoms with Gasteiger partial charge in [0.15, 0.2) is 17.4 Å². The molecule has 0 radical (unpaired) electrons. The Morgan fingerprint density at radius 2 is 1.70 bits per heavy atom. The van der Waals surface area contributed by atoms with Gasteiger partial charge in [0.25, 0.3) is 0 Å². The van der Waals surface area contributed by atoms with Crippen LogP contribution in [0.15, 0.2) is 30.3 Å². The topological polar surface area (TPSA) is 59.4 Å². The van der Waals surface area contributed by atoms with Crippen molar-refractivity contribution in [2.24, 2.45) is 0 Å². The van der Waals surface area contributed by atoms with Crippen LogP contribution in [0.25, 0.3) is 11.3 Å². The maximum atomic E-state index is 14.6. The minimum Gasteiger partial charge on any atom is -0.483 e. The minimum atomic E-state index is -4.84. The lowest BCUT2D eigenvalue weighted by Gasteiger charge is -2.13. The van der Waals surface area contributed by atoms with E-state index in [9.17, 15) is 31.1 Å². The van der Waals surface area contributed by atoms with Gasteiger partial charge in [0.05, 0.1) is 5.69 Å². The Labute approximate surface area is 188 Å². The molecule has 1 heterocycles. The Morgan fingerprint density at radius 1 is 1.06 bits per heavy atom. The number of halogens is 6. The van der Waals surface area contributed by atoms with Crippen LogP contribution in [-0.4, -0.2) is 15.4 Å². The molecule has 0 fully saturated rings. The summed E-state index contributed by atoms with van der Waals surface area (Å²) in [5.74, 6) is -5.28. The van der Waals surface area contributed by atoms with E-state index in [1.165, 1.54) is 12.1 Å². The molecule has 176 valence electrons. The highest BCUT2D eigenvalue weighted by atomic mass is 32.1. The highest BCUT2D eigenvalue weighted by molar-refractivity contribution is 7.06. The monoisotopic (exact) mass is 489 g/mol. The Hall–Kier alpha value is -3.08. The van der Waals surface area contributed by atoms with Crippen LogP contribution < -0.4 is 4.74 Å². The highest BCUT2D eigenvalue weighted by Gasteiger charge is 2.38. The number of aryl methyl sites for hydroxylation is 2. The number of benzene rings is 2. The summed E-state index contributed by atoms with van der Waals surface area (Å²) in [6, 6.07) is 5.72. The first-order valence-electron chi connectivity index (χ1n) is 9.68. The number of aliphatic carboxylic acids is 1. The number of alkyl halides is 3. The van der Waals surface area contributed by atoms with Crippen molar-refractivity contribution in [1.82, 2.24) is 4.37 Å². The molecular weight excluding hydrogens is 472 g/mol. The Morgan fingerprint density at radius 3 is 2.24 bits per heavy atom. The van der Waals surface area contributed by atoms with Gasteiger partial charge in [-0.05, 0) is 59.8 Å². The van der Waals surface area contributed by atoms with Gasteiger partial charge in [-0.15, -0.1) is 0 Å². The van der Waals surface area contributed by atoms with Gasteiger partial charge in [-0.1, -0.05) is 13.0 Å².